The van der Waals surface area contributed by atoms with Crippen molar-refractivity contribution in [2.75, 3.05) is 0 Å². The molecular formula is C22H26O5. The highest BCUT2D eigenvalue weighted by molar-refractivity contribution is 5.99. The van der Waals surface area contributed by atoms with Crippen LogP contribution in [0.5, 0.6) is 5.75 Å². The van der Waals surface area contributed by atoms with Gasteiger partial charge in [0.1, 0.15) is 11.9 Å². The summed E-state index contributed by atoms with van der Waals surface area (Å²) < 4.78 is 10.8. The number of hydrogen-bond acceptors (Lipinski definition) is 5. The standard InChI is InChI=1S/C22H26O5/c1-12(23)26-14-4-5-15-16-8-9-22(3)19(6-7-21(22)27-13(2)24)17(16)11-20(25)18(15)10-14/h4-5,10,16-17,19,21H,6-9,11H2,1-3H3/t16-,17-,19+,21-,22+/m1/s1. The predicted octanol–water partition coefficient (Wildman–Crippen LogP) is 4.04. The summed E-state index contributed by atoms with van der Waals surface area (Å²) >= 11 is 0. The highest BCUT2D eigenvalue weighted by Gasteiger charge is 2.57. The number of ketones is 1. The number of Topliss-reactive ketones (excluding diaryl/α,β-unsaturated/α-hetero) is 1. The zero-order valence-electron chi connectivity index (χ0n) is 16.1. The Balaban J connectivity index is 1.64. The van der Waals surface area contributed by atoms with Gasteiger partial charge in [-0.25, -0.2) is 0 Å². The van der Waals surface area contributed by atoms with Gasteiger partial charge in [-0.15, -0.1) is 0 Å². The van der Waals surface area contributed by atoms with Crippen molar-refractivity contribution in [3.05, 3.63) is 29.3 Å². The lowest BCUT2D eigenvalue weighted by atomic mass is 9.55. The molecule has 0 radical (unpaired) electrons. The van der Waals surface area contributed by atoms with Crippen LogP contribution in [0.2, 0.25) is 0 Å². The Kier molecular flexibility index (Phi) is 4.36. The molecule has 5 nitrogen and oxygen atoms in total. The Labute approximate surface area is 159 Å². The van der Waals surface area contributed by atoms with Crippen molar-refractivity contribution in [3.63, 3.8) is 0 Å². The number of fused-ring (bicyclic) bond motifs is 5. The van der Waals surface area contributed by atoms with Gasteiger partial charge in [0.15, 0.2) is 5.78 Å². The van der Waals surface area contributed by atoms with Crippen LogP contribution in [-0.2, 0) is 14.3 Å². The maximum Gasteiger partial charge on any atom is 0.308 e. The normalized spacial score (nSPS) is 34.3. The molecule has 0 aliphatic heterocycles. The molecule has 0 aromatic heterocycles. The highest BCUT2D eigenvalue weighted by atomic mass is 16.5. The second-order valence-corrected chi connectivity index (χ2v) is 8.57. The van der Waals surface area contributed by atoms with Crippen LogP contribution in [0.4, 0.5) is 0 Å². The minimum absolute atomic E-state index is 0.0382. The number of carbonyl (C=O) groups excluding carboxylic acids is 3. The molecule has 0 unspecified atom stereocenters. The number of benzene rings is 1. The summed E-state index contributed by atoms with van der Waals surface area (Å²) in [5.41, 5.74) is 1.75. The Hall–Kier alpha value is -2.17. The SMILES string of the molecule is CC(=O)Oc1ccc2c(c1)C(=O)C[C@@H]1[C@@H]2CC[C@]2(C)[C@H](OC(C)=O)CC[C@@H]12. The van der Waals surface area contributed by atoms with Crippen LogP contribution >= 0.6 is 0 Å². The molecule has 0 bridgehead atoms. The maximum atomic E-state index is 12.9. The van der Waals surface area contributed by atoms with Crippen molar-refractivity contribution in [3.8, 4) is 5.75 Å². The molecule has 2 saturated carbocycles. The number of rotatable bonds is 2. The molecule has 3 aliphatic rings. The van der Waals surface area contributed by atoms with E-state index in [1.165, 1.54) is 13.8 Å². The van der Waals surface area contributed by atoms with Crippen LogP contribution in [0.15, 0.2) is 18.2 Å². The lowest BCUT2D eigenvalue weighted by molar-refractivity contribution is -0.154. The molecule has 27 heavy (non-hydrogen) atoms. The Bertz CT molecular complexity index is 813. The van der Waals surface area contributed by atoms with Gasteiger partial charge in [0.25, 0.3) is 0 Å². The van der Waals surface area contributed by atoms with Crippen molar-refractivity contribution in [2.45, 2.75) is 64.9 Å². The van der Waals surface area contributed by atoms with Gasteiger partial charge >= 0.3 is 11.9 Å². The summed E-state index contributed by atoms with van der Waals surface area (Å²) in [6.07, 6.45) is 4.36. The Morgan fingerprint density at radius 2 is 1.89 bits per heavy atom. The van der Waals surface area contributed by atoms with Crippen molar-refractivity contribution in [1.29, 1.82) is 0 Å². The highest BCUT2D eigenvalue weighted by Crippen LogP contribution is 2.61. The predicted molar refractivity (Wildman–Crippen MR) is 98.5 cm³/mol. The van der Waals surface area contributed by atoms with Crippen LogP contribution < -0.4 is 4.74 Å². The van der Waals surface area contributed by atoms with Gasteiger partial charge in [0.2, 0.25) is 0 Å². The van der Waals surface area contributed by atoms with Gasteiger partial charge in [0.05, 0.1) is 0 Å². The van der Waals surface area contributed by atoms with E-state index in [0.717, 1.165) is 31.2 Å². The van der Waals surface area contributed by atoms with E-state index in [4.69, 9.17) is 9.47 Å². The maximum absolute atomic E-state index is 12.9. The summed E-state index contributed by atoms with van der Waals surface area (Å²) in [6.45, 7) is 5.07. The molecule has 3 aliphatic carbocycles. The van der Waals surface area contributed by atoms with E-state index in [0.29, 0.717) is 35.5 Å². The summed E-state index contributed by atoms with van der Waals surface area (Å²) in [5.74, 6) is 0.997. The van der Waals surface area contributed by atoms with Gasteiger partial charge in [-0.1, -0.05) is 13.0 Å². The van der Waals surface area contributed by atoms with E-state index in [-0.39, 0.29) is 29.2 Å². The molecule has 0 N–H and O–H groups in total. The second-order valence-electron chi connectivity index (χ2n) is 8.57. The largest absolute Gasteiger partial charge is 0.462 e. The molecule has 4 rings (SSSR count). The topological polar surface area (TPSA) is 69.7 Å². The summed E-state index contributed by atoms with van der Waals surface area (Å²) in [7, 11) is 0. The lowest BCUT2D eigenvalue weighted by Crippen LogP contribution is -2.45. The molecule has 0 saturated heterocycles. The zero-order valence-corrected chi connectivity index (χ0v) is 16.1. The lowest BCUT2D eigenvalue weighted by Gasteiger charge is -2.50. The first-order valence-corrected chi connectivity index (χ1v) is 9.82. The second kappa shape index (κ2) is 6.47. The van der Waals surface area contributed by atoms with Gasteiger partial charge in [-0.2, -0.15) is 0 Å². The minimum atomic E-state index is -0.382. The quantitative estimate of drug-likeness (QED) is 0.580. The zero-order chi connectivity index (χ0) is 19.3. The third-order valence-corrected chi connectivity index (χ3v) is 7.07. The first-order valence-electron chi connectivity index (χ1n) is 9.82. The number of esters is 2. The van der Waals surface area contributed by atoms with Gasteiger partial charge in [-0.3, -0.25) is 14.4 Å². The number of carbonyl (C=O) groups is 3. The number of ether oxygens (including phenoxy) is 2. The van der Waals surface area contributed by atoms with E-state index < -0.39 is 0 Å². The summed E-state index contributed by atoms with van der Waals surface area (Å²) in [6, 6.07) is 5.48. The summed E-state index contributed by atoms with van der Waals surface area (Å²) in [5, 5.41) is 0. The molecule has 1 aromatic carbocycles. The van der Waals surface area contributed by atoms with Crippen LogP contribution in [0.3, 0.4) is 0 Å². The Morgan fingerprint density at radius 1 is 1.11 bits per heavy atom. The van der Waals surface area contributed by atoms with E-state index in [2.05, 4.69) is 6.92 Å². The van der Waals surface area contributed by atoms with E-state index in [9.17, 15) is 14.4 Å². The van der Waals surface area contributed by atoms with Crippen LogP contribution in [-0.4, -0.2) is 23.8 Å². The van der Waals surface area contributed by atoms with Gasteiger partial charge in [-0.05, 0) is 61.1 Å². The van der Waals surface area contributed by atoms with Crippen molar-refractivity contribution in [2.24, 2.45) is 17.3 Å². The Morgan fingerprint density at radius 3 is 2.59 bits per heavy atom. The molecule has 1 aromatic rings. The average Bonchev–Trinajstić information content (AvgIpc) is 2.91. The van der Waals surface area contributed by atoms with Crippen LogP contribution in [0.25, 0.3) is 0 Å². The first-order chi connectivity index (χ1) is 12.8. The third-order valence-electron chi connectivity index (χ3n) is 7.07. The van der Waals surface area contributed by atoms with Crippen LogP contribution in [0, 0.1) is 17.3 Å². The molecular weight excluding hydrogens is 344 g/mol. The van der Waals surface area contributed by atoms with Gasteiger partial charge in [0, 0.05) is 31.2 Å². The smallest absolute Gasteiger partial charge is 0.308 e. The van der Waals surface area contributed by atoms with Crippen LogP contribution in [0.1, 0.15) is 74.7 Å². The third kappa shape index (κ3) is 2.97. The van der Waals surface area contributed by atoms with E-state index >= 15 is 0 Å². The fourth-order valence-corrected chi connectivity index (χ4v) is 5.96. The average molecular weight is 370 g/mol. The summed E-state index contributed by atoms with van der Waals surface area (Å²) in [4.78, 5) is 35.6. The van der Waals surface area contributed by atoms with Crippen molar-refractivity contribution >= 4 is 17.7 Å². The molecule has 5 atom stereocenters. The minimum Gasteiger partial charge on any atom is -0.462 e. The van der Waals surface area contributed by atoms with Gasteiger partial charge < -0.3 is 9.47 Å². The first kappa shape index (κ1) is 18.2. The van der Waals surface area contributed by atoms with Crippen molar-refractivity contribution < 1.29 is 23.9 Å². The monoisotopic (exact) mass is 370 g/mol. The molecule has 0 amide bonds. The molecule has 2 fully saturated rings. The van der Waals surface area contributed by atoms with Crippen molar-refractivity contribution in [1.82, 2.24) is 0 Å². The fourth-order valence-electron chi connectivity index (χ4n) is 5.96. The molecule has 0 heterocycles. The van der Waals surface area contributed by atoms with E-state index in [1.54, 1.807) is 12.1 Å². The molecule has 5 heteroatoms. The van der Waals surface area contributed by atoms with E-state index in [1.807, 2.05) is 6.07 Å². The number of hydrogen-bond donors (Lipinski definition) is 0. The molecule has 144 valence electrons. The fraction of sp³-hybridized carbons (Fsp3) is 0.591. The molecule has 0 spiro atoms.